The molecule has 2 aromatic heterocycles. The highest BCUT2D eigenvalue weighted by Crippen LogP contribution is 2.47. The van der Waals surface area contributed by atoms with Crippen molar-refractivity contribution < 1.29 is 14.4 Å². The lowest BCUT2D eigenvalue weighted by atomic mass is 9.83. The molecule has 0 atom stereocenters. The fraction of sp³-hybridized carbons (Fsp3) is 0.370. The Bertz CT molecular complexity index is 1460. The van der Waals surface area contributed by atoms with Gasteiger partial charge in [0.25, 0.3) is 0 Å². The Morgan fingerprint density at radius 1 is 1.14 bits per heavy atom. The van der Waals surface area contributed by atoms with E-state index < -0.39 is 5.60 Å². The molecule has 0 unspecified atom stereocenters. The number of rotatable bonds is 6. The minimum atomic E-state index is -0.978. The molecule has 2 heterocycles. The van der Waals surface area contributed by atoms with Crippen LogP contribution in [0.1, 0.15) is 60.8 Å². The molecule has 4 aromatic rings. The molecule has 2 aromatic carbocycles. The number of aliphatic hydroxyl groups is 1. The zero-order chi connectivity index (χ0) is 24.9. The summed E-state index contributed by atoms with van der Waals surface area (Å²) in [5, 5.41) is 17.5. The number of ether oxygens (including phenoxy) is 1. The molecule has 0 amide bonds. The molecule has 2 aliphatic rings. The number of thiazole rings is 1. The highest BCUT2D eigenvalue weighted by molar-refractivity contribution is 7.18. The minimum Gasteiger partial charge on any atom is -0.383 e. The Kier molecular flexibility index (Phi) is 6.27. The normalized spacial score (nSPS) is 22.1. The van der Waals surface area contributed by atoms with Crippen LogP contribution in [0.5, 0.6) is 0 Å². The summed E-state index contributed by atoms with van der Waals surface area (Å²) in [7, 11) is 0. The first-order valence-corrected chi connectivity index (χ1v) is 13.6. The molecule has 0 spiro atoms. The molecule has 6 nitrogen and oxygen atoms in total. The van der Waals surface area contributed by atoms with Crippen LogP contribution in [-0.4, -0.2) is 21.4 Å². The first-order chi connectivity index (χ1) is 17.4. The molecule has 36 heavy (non-hydrogen) atoms. The van der Waals surface area contributed by atoms with Crippen LogP contribution >= 0.6 is 34.5 Å². The van der Waals surface area contributed by atoms with E-state index in [1.165, 1.54) is 11.3 Å². The van der Waals surface area contributed by atoms with Crippen LogP contribution in [0.2, 0.25) is 10.0 Å². The predicted molar refractivity (Wildman–Crippen MR) is 141 cm³/mol. The van der Waals surface area contributed by atoms with E-state index in [2.05, 4.69) is 15.0 Å². The molecule has 9 heteroatoms. The third-order valence-electron chi connectivity index (χ3n) is 7.09. The minimum absolute atomic E-state index is 0.00453. The largest absolute Gasteiger partial charge is 0.383 e. The summed E-state index contributed by atoms with van der Waals surface area (Å²) < 4.78 is 13.0. The molecular formula is C27H23Cl2N3O3S. The Morgan fingerprint density at radius 2 is 1.89 bits per heavy atom. The van der Waals surface area contributed by atoms with Gasteiger partial charge >= 0.3 is 0 Å². The lowest BCUT2D eigenvalue weighted by molar-refractivity contribution is -0.0640. The summed E-state index contributed by atoms with van der Waals surface area (Å²) in [6.45, 7) is 7.58. The first kappa shape index (κ1) is 23.9. The van der Waals surface area contributed by atoms with Crippen molar-refractivity contribution in [1.82, 2.24) is 10.1 Å². The molecule has 0 saturated heterocycles. The van der Waals surface area contributed by atoms with Crippen LogP contribution in [0.15, 0.2) is 40.9 Å². The number of fused-ring (bicyclic) bond motifs is 1. The Hall–Kier alpha value is -2.47. The van der Waals surface area contributed by atoms with Gasteiger partial charge in [-0.2, -0.15) is 0 Å². The van der Waals surface area contributed by atoms with Crippen molar-refractivity contribution >= 4 is 50.4 Å². The number of aromatic nitrogens is 2. The van der Waals surface area contributed by atoms with Crippen molar-refractivity contribution in [2.75, 3.05) is 0 Å². The van der Waals surface area contributed by atoms with Crippen LogP contribution in [0.4, 0.5) is 5.69 Å². The summed E-state index contributed by atoms with van der Waals surface area (Å²) in [6.07, 6.45) is 4.72. The summed E-state index contributed by atoms with van der Waals surface area (Å²) >= 11 is 14.4. The van der Waals surface area contributed by atoms with Crippen LogP contribution < -0.4 is 0 Å². The quantitative estimate of drug-likeness (QED) is 0.251. The van der Waals surface area contributed by atoms with Gasteiger partial charge in [0.05, 0.1) is 34.8 Å². The Labute approximate surface area is 222 Å². The van der Waals surface area contributed by atoms with E-state index in [0.717, 1.165) is 34.4 Å². The van der Waals surface area contributed by atoms with Crippen molar-refractivity contribution in [2.24, 2.45) is 0 Å². The van der Waals surface area contributed by atoms with Crippen molar-refractivity contribution in [3.8, 4) is 11.3 Å². The summed E-state index contributed by atoms with van der Waals surface area (Å²) in [5.41, 5.74) is 2.65. The van der Waals surface area contributed by atoms with E-state index in [-0.39, 0.29) is 6.10 Å². The number of benzene rings is 2. The second-order valence-corrected chi connectivity index (χ2v) is 11.4. The van der Waals surface area contributed by atoms with E-state index in [9.17, 15) is 5.11 Å². The maximum absolute atomic E-state index is 11.4. The van der Waals surface area contributed by atoms with E-state index in [0.29, 0.717) is 70.2 Å². The second-order valence-electron chi connectivity index (χ2n) is 9.57. The SMILES string of the molecule is [C-]#[N+]c1ccc2nc(C3(O)CCC(OCc4c(-c5c(Cl)cccc5Cl)noc4C4CC4)CC3)sc2c1. The van der Waals surface area contributed by atoms with E-state index in [1.54, 1.807) is 18.2 Å². The molecule has 0 bridgehead atoms. The van der Waals surface area contributed by atoms with Crippen LogP contribution in [0.3, 0.4) is 0 Å². The topological polar surface area (TPSA) is 72.7 Å². The van der Waals surface area contributed by atoms with Gasteiger partial charge in [-0.05, 0) is 62.8 Å². The standard InChI is InChI=1S/C27H23Cl2N3O3S/c1-30-16-7-8-21-22(13-16)36-26(31-21)27(33)11-9-17(10-12-27)34-14-18-24(32-35-25(18)15-5-6-15)23-19(28)3-2-4-20(23)29/h2-4,7-8,13,15,17,33H,5-6,9-12,14H2. The number of hydrogen-bond acceptors (Lipinski definition) is 6. The fourth-order valence-corrected chi connectivity index (χ4v) is 6.60. The monoisotopic (exact) mass is 539 g/mol. The highest BCUT2D eigenvalue weighted by Gasteiger charge is 2.39. The zero-order valence-corrected chi connectivity index (χ0v) is 21.7. The molecular weight excluding hydrogens is 517 g/mol. The lowest BCUT2D eigenvalue weighted by Crippen LogP contribution is -2.34. The molecule has 2 fully saturated rings. The Morgan fingerprint density at radius 3 is 2.58 bits per heavy atom. The first-order valence-electron chi connectivity index (χ1n) is 12.0. The third-order valence-corrected chi connectivity index (χ3v) is 8.93. The molecule has 0 radical (unpaired) electrons. The Balaban J connectivity index is 1.17. The molecule has 6 rings (SSSR count). The average Bonchev–Trinajstić information content (AvgIpc) is 3.49. The van der Waals surface area contributed by atoms with Gasteiger partial charge < -0.3 is 14.4 Å². The molecule has 1 N–H and O–H groups in total. The number of halogens is 2. The van der Waals surface area contributed by atoms with Gasteiger partial charge in [0.1, 0.15) is 22.1 Å². The van der Waals surface area contributed by atoms with Crippen LogP contribution in [-0.2, 0) is 16.9 Å². The fourth-order valence-electron chi connectivity index (χ4n) is 4.88. The van der Waals surface area contributed by atoms with Crippen molar-refractivity contribution in [2.45, 2.75) is 62.8 Å². The maximum atomic E-state index is 11.4. The van der Waals surface area contributed by atoms with E-state index >= 15 is 0 Å². The summed E-state index contributed by atoms with van der Waals surface area (Å²) in [5.74, 6) is 1.23. The van der Waals surface area contributed by atoms with Gasteiger partial charge in [-0.15, -0.1) is 11.3 Å². The van der Waals surface area contributed by atoms with Gasteiger partial charge in [0.15, 0.2) is 5.69 Å². The molecule has 2 aliphatic carbocycles. The van der Waals surface area contributed by atoms with E-state index in [1.807, 2.05) is 18.2 Å². The highest BCUT2D eigenvalue weighted by atomic mass is 35.5. The summed E-state index contributed by atoms with van der Waals surface area (Å²) in [4.78, 5) is 8.17. The number of hydrogen-bond donors (Lipinski definition) is 1. The predicted octanol–water partition coefficient (Wildman–Crippen LogP) is 8.03. The number of nitrogens with zero attached hydrogens (tertiary/aromatic N) is 3. The van der Waals surface area contributed by atoms with Crippen molar-refractivity contribution in [1.29, 1.82) is 0 Å². The van der Waals surface area contributed by atoms with Gasteiger partial charge in [-0.1, -0.05) is 40.5 Å². The maximum Gasteiger partial charge on any atom is 0.188 e. The van der Waals surface area contributed by atoms with Gasteiger partial charge in [0, 0.05) is 21.7 Å². The van der Waals surface area contributed by atoms with Gasteiger partial charge in [0.2, 0.25) is 0 Å². The van der Waals surface area contributed by atoms with Crippen LogP contribution in [0, 0.1) is 6.57 Å². The summed E-state index contributed by atoms with van der Waals surface area (Å²) in [6, 6.07) is 10.8. The van der Waals surface area contributed by atoms with Gasteiger partial charge in [-0.25, -0.2) is 9.83 Å². The molecule has 184 valence electrons. The average molecular weight is 540 g/mol. The van der Waals surface area contributed by atoms with Gasteiger partial charge in [-0.3, -0.25) is 0 Å². The lowest BCUT2D eigenvalue weighted by Gasteiger charge is -2.34. The van der Waals surface area contributed by atoms with E-state index in [4.69, 9.17) is 39.0 Å². The zero-order valence-electron chi connectivity index (χ0n) is 19.3. The van der Waals surface area contributed by atoms with Crippen molar-refractivity contribution in [3.63, 3.8) is 0 Å². The third kappa shape index (κ3) is 4.42. The second kappa shape index (κ2) is 9.44. The smallest absolute Gasteiger partial charge is 0.188 e. The van der Waals surface area contributed by atoms with Crippen molar-refractivity contribution in [3.05, 3.63) is 74.2 Å². The molecule has 0 aliphatic heterocycles. The van der Waals surface area contributed by atoms with Crippen LogP contribution in [0.25, 0.3) is 26.3 Å². The molecule has 2 saturated carbocycles.